The molecule has 0 spiro atoms. The third-order valence-corrected chi connectivity index (χ3v) is 21.3. The Morgan fingerprint density at radius 2 is 0.453 bits per heavy atom. The van der Waals surface area contributed by atoms with Gasteiger partial charge in [0.15, 0.2) is 6.10 Å². The molecule has 16 nitrogen and oxygen atoms in total. The van der Waals surface area contributed by atoms with E-state index < -0.39 is 91.5 Å². The van der Waals surface area contributed by atoms with Crippen molar-refractivity contribution in [3.05, 3.63) is 170 Å². The number of allylic oxidation sites excluding steroid dienone is 28. The van der Waals surface area contributed by atoms with Crippen molar-refractivity contribution in [2.24, 2.45) is 0 Å². The van der Waals surface area contributed by atoms with Crippen LogP contribution in [-0.2, 0) is 55.8 Å². The van der Waals surface area contributed by atoms with Gasteiger partial charge in [-0.3, -0.25) is 32.5 Å². The average Bonchev–Trinajstić information content (AvgIpc) is 0.901. The molecular weight excluding hydrogens is 1510 g/mol. The number of hydrogen-bond acceptors (Lipinski definition) is 14. The Labute approximate surface area is 713 Å². The van der Waals surface area contributed by atoms with Gasteiger partial charge in [-0.1, -0.05) is 377 Å². The molecule has 117 heavy (non-hydrogen) atoms. The fourth-order valence-electron chi connectivity index (χ4n) is 12.4. The average molecular weight is 1680 g/mol. The van der Waals surface area contributed by atoms with Crippen LogP contribution in [0.5, 0.6) is 0 Å². The van der Waals surface area contributed by atoms with Crippen LogP contribution < -0.4 is 0 Å². The van der Waals surface area contributed by atoms with Gasteiger partial charge in [0.25, 0.3) is 0 Å². The van der Waals surface area contributed by atoms with Gasteiger partial charge in [0.2, 0.25) is 0 Å². The maximum atomic E-state index is 13.1. The molecule has 4 N–H and O–H groups in total. The number of phosphoric ester groups is 2. The predicted octanol–water partition coefficient (Wildman–Crippen LogP) is 28.7. The molecule has 0 aliphatic heterocycles. The van der Waals surface area contributed by atoms with Crippen LogP contribution in [0.4, 0.5) is 0 Å². The Kier molecular flexibility index (Phi) is 86.2. The summed E-state index contributed by atoms with van der Waals surface area (Å²) in [6.45, 7) is 2.45. The summed E-state index contributed by atoms with van der Waals surface area (Å²) >= 11 is 0. The van der Waals surface area contributed by atoms with E-state index in [1.165, 1.54) is 141 Å². The number of hydrogen-bond donors (Lipinski definition) is 4. The number of esters is 3. The first kappa shape index (κ1) is 112. The van der Waals surface area contributed by atoms with E-state index in [1.807, 2.05) is 0 Å². The van der Waals surface area contributed by atoms with Crippen molar-refractivity contribution in [3.8, 4) is 0 Å². The number of phosphoric acid groups is 2. The summed E-state index contributed by atoms with van der Waals surface area (Å²) in [7, 11) is -9.82. The smallest absolute Gasteiger partial charge is 0.463 e. The second-order valence-corrected chi connectivity index (χ2v) is 33.6. The number of ether oxygens (including phenoxy) is 3. The van der Waals surface area contributed by atoms with Crippen LogP contribution in [0.2, 0.25) is 0 Å². The number of aliphatic hydroxyl groups is 2. The molecule has 18 heteroatoms. The molecule has 5 unspecified atom stereocenters. The maximum Gasteiger partial charge on any atom is 0.472 e. The van der Waals surface area contributed by atoms with Crippen LogP contribution in [0.3, 0.4) is 0 Å². The van der Waals surface area contributed by atoms with Crippen molar-refractivity contribution in [1.29, 1.82) is 0 Å². The van der Waals surface area contributed by atoms with E-state index in [0.29, 0.717) is 19.3 Å². The van der Waals surface area contributed by atoms with Gasteiger partial charge in [0, 0.05) is 19.3 Å². The van der Waals surface area contributed by atoms with Crippen molar-refractivity contribution >= 4 is 33.6 Å². The molecule has 0 aromatic carbocycles. The highest BCUT2D eigenvalue weighted by molar-refractivity contribution is 7.47. The van der Waals surface area contributed by atoms with Crippen LogP contribution in [0.1, 0.15) is 380 Å². The fourth-order valence-corrected chi connectivity index (χ4v) is 14.0. The fraction of sp³-hybridized carbons (Fsp3) is 0.687. The van der Waals surface area contributed by atoms with Gasteiger partial charge in [-0.05, 0) is 154 Å². The summed E-state index contributed by atoms with van der Waals surface area (Å²) in [6, 6.07) is 0. The molecule has 0 radical (unpaired) electrons. The van der Waals surface area contributed by atoms with E-state index >= 15 is 0 Å². The molecule has 5 atom stereocenters. The molecule has 0 bridgehead atoms. The van der Waals surface area contributed by atoms with E-state index in [0.717, 1.165) is 180 Å². The molecule has 0 rings (SSSR count). The first-order valence-electron chi connectivity index (χ1n) is 46.4. The lowest BCUT2D eigenvalue weighted by molar-refractivity contribution is -0.161. The standard InChI is InChI=1S/C99H168O16P2/c1-4-7-10-13-16-19-22-25-28-31-34-36-38-40-42-44-45-46-47-49-51-52-54-56-59-61-64-67-70-73-76-79-82-85-97(102)109-88-94(100)89-111-116(105,106)112-90-95(101)91-113-117(107,108)114-93-96(115-99(104)87-84-81-78-75-72-69-66-63-58-33-30-27-24-21-18-15-12-9-6-3)92-110-98(103)86-83-80-77-74-71-68-65-62-60-57-55-53-50-48-43-41-39-37-35-32-29-26-23-20-17-14-11-8-5-2/h7,9-10,12,16-21,25-30,34-37,40-43,45-46,58,63,94-96,100-101H,4-6,8,11,13-15,22-24,31-33,38-39,44,47-57,59-62,64-93H2,1-3H3,(H,105,106)(H,107,108)/b10-7-,12-9-,19-16-,20-17-,21-18-,28-25-,29-26-,30-27-,36-34-,37-35-,42-40-,43-41-,46-45-,63-58-. The molecule has 0 fully saturated rings. The highest BCUT2D eigenvalue weighted by Gasteiger charge is 2.29. The summed E-state index contributed by atoms with van der Waals surface area (Å²) in [4.78, 5) is 59.0. The second-order valence-electron chi connectivity index (χ2n) is 30.7. The van der Waals surface area contributed by atoms with Gasteiger partial charge < -0.3 is 34.2 Å². The lowest BCUT2D eigenvalue weighted by Gasteiger charge is -2.21. The monoisotopic (exact) mass is 1680 g/mol. The van der Waals surface area contributed by atoms with Crippen LogP contribution in [0.15, 0.2) is 170 Å². The minimum atomic E-state index is -4.95. The van der Waals surface area contributed by atoms with Gasteiger partial charge in [0.1, 0.15) is 25.4 Å². The topological polar surface area (TPSA) is 231 Å². The molecule has 0 aliphatic carbocycles. The van der Waals surface area contributed by atoms with Gasteiger partial charge >= 0.3 is 33.6 Å². The van der Waals surface area contributed by atoms with E-state index in [-0.39, 0.29) is 19.3 Å². The zero-order valence-electron chi connectivity index (χ0n) is 73.8. The Morgan fingerprint density at radius 1 is 0.248 bits per heavy atom. The van der Waals surface area contributed by atoms with Gasteiger partial charge in [0.05, 0.1) is 26.4 Å². The van der Waals surface area contributed by atoms with Crippen molar-refractivity contribution in [2.45, 2.75) is 399 Å². The van der Waals surface area contributed by atoms with Crippen molar-refractivity contribution in [3.63, 3.8) is 0 Å². The molecule has 0 aliphatic rings. The van der Waals surface area contributed by atoms with E-state index in [4.69, 9.17) is 32.3 Å². The number of carbonyl (C=O) groups is 3. The van der Waals surface area contributed by atoms with Crippen LogP contribution in [0, 0.1) is 0 Å². The predicted molar refractivity (Wildman–Crippen MR) is 491 cm³/mol. The minimum Gasteiger partial charge on any atom is -0.463 e. The normalized spacial score (nSPS) is 14.6. The third kappa shape index (κ3) is 91.5. The number of unbranched alkanes of at least 4 members (excludes halogenated alkanes) is 36. The maximum absolute atomic E-state index is 13.1. The summed E-state index contributed by atoms with van der Waals surface area (Å²) in [5.41, 5.74) is 0. The number of carbonyl (C=O) groups excluding carboxylic acids is 3. The van der Waals surface area contributed by atoms with E-state index in [9.17, 15) is 43.5 Å². The van der Waals surface area contributed by atoms with Crippen LogP contribution in [-0.4, -0.2) is 95.9 Å². The van der Waals surface area contributed by atoms with Crippen molar-refractivity contribution < 1.29 is 75.8 Å². The number of rotatable bonds is 87. The second kappa shape index (κ2) is 90.2. The lowest BCUT2D eigenvalue weighted by atomic mass is 10.0. The Morgan fingerprint density at radius 3 is 0.718 bits per heavy atom. The van der Waals surface area contributed by atoms with Crippen LogP contribution >= 0.6 is 15.6 Å². The highest BCUT2D eigenvalue weighted by Crippen LogP contribution is 2.45. The van der Waals surface area contributed by atoms with Crippen molar-refractivity contribution in [2.75, 3.05) is 39.6 Å². The lowest BCUT2D eigenvalue weighted by Crippen LogP contribution is -2.30. The molecule has 670 valence electrons. The Hall–Kier alpha value is -5.09. The molecule has 0 saturated carbocycles. The number of aliphatic hydroxyl groups excluding tert-OH is 2. The van der Waals surface area contributed by atoms with Gasteiger partial charge in [-0.25, -0.2) is 9.13 Å². The Bertz CT molecular complexity index is 2810. The van der Waals surface area contributed by atoms with Gasteiger partial charge in [-0.2, -0.15) is 0 Å². The van der Waals surface area contributed by atoms with Crippen molar-refractivity contribution in [1.82, 2.24) is 0 Å². The first-order chi connectivity index (χ1) is 57.2. The van der Waals surface area contributed by atoms with E-state index in [2.05, 4.69) is 191 Å². The van der Waals surface area contributed by atoms with E-state index in [1.54, 1.807) is 0 Å². The SMILES string of the molecule is CC/C=C\C/C=C\C/C=C\C/C=C\C/C=C\C/C=C\CCCCCCCCCCCCCCCCC(=O)OCC(O)COP(=O)(O)OCC(O)COP(=O)(O)OCC(COC(=O)CCCCCCCCCCCCCCC/C=C\C/C=C\C/C=C\C/C=C\CCCCC)OC(=O)CCCCCCCC/C=C\C/C=C\C/C=C\C/C=C\CC. The highest BCUT2D eigenvalue weighted by atomic mass is 31.2. The largest absolute Gasteiger partial charge is 0.472 e. The summed E-state index contributed by atoms with van der Waals surface area (Å²) in [6.07, 6.45) is 117. The molecule has 0 aromatic heterocycles. The minimum absolute atomic E-state index is 0.0849. The summed E-state index contributed by atoms with van der Waals surface area (Å²) in [5, 5.41) is 20.7. The molecule has 0 aromatic rings. The Balaban J connectivity index is 4.55. The summed E-state index contributed by atoms with van der Waals surface area (Å²) in [5.74, 6) is -1.59. The zero-order valence-corrected chi connectivity index (χ0v) is 75.6. The molecular formula is C99H168O16P2. The van der Waals surface area contributed by atoms with Gasteiger partial charge in [-0.15, -0.1) is 0 Å². The zero-order chi connectivity index (χ0) is 85.1. The third-order valence-electron chi connectivity index (χ3n) is 19.4. The molecule has 0 amide bonds. The van der Waals surface area contributed by atoms with Crippen LogP contribution in [0.25, 0.3) is 0 Å². The first-order valence-corrected chi connectivity index (χ1v) is 49.4. The summed E-state index contributed by atoms with van der Waals surface area (Å²) < 4.78 is 61.5. The quantitative estimate of drug-likeness (QED) is 0.0146. The molecule has 0 heterocycles. The molecule has 0 saturated heterocycles.